The van der Waals surface area contributed by atoms with Gasteiger partial charge in [0.1, 0.15) is 0 Å². The molecule has 2 fully saturated rings. The number of nitrogens with zero attached hydrogens (tertiary/aromatic N) is 1. The molecule has 4 rings (SSSR count). The van der Waals surface area contributed by atoms with E-state index in [1.807, 2.05) is 0 Å². The van der Waals surface area contributed by atoms with Gasteiger partial charge in [-0.2, -0.15) is 18.3 Å². The molecular formula is C15H16F3N3O3S. The number of hydrogen-bond donors (Lipinski definition) is 3. The van der Waals surface area contributed by atoms with E-state index in [1.54, 1.807) is 0 Å². The number of sulfonamides is 1. The highest BCUT2D eigenvalue weighted by Crippen LogP contribution is 2.60. The quantitative estimate of drug-likeness (QED) is 0.761. The number of aromatic amines is 1. The van der Waals surface area contributed by atoms with E-state index < -0.39 is 27.4 Å². The van der Waals surface area contributed by atoms with Crippen LogP contribution in [0.2, 0.25) is 0 Å². The summed E-state index contributed by atoms with van der Waals surface area (Å²) < 4.78 is 64.6. The van der Waals surface area contributed by atoms with Crippen molar-refractivity contribution in [2.45, 2.75) is 30.7 Å². The maximum atomic E-state index is 13.2. The molecule has 136 valence electrons. The minimum Gasteiger partial charge on any atom is -0.385 e. The number of halogens is 3. The Labute approximate surface area is 141 Å². The Morgan fingerprint density at radius 1 is 1.32 bits per heavy atom. The maximum Gasteiger partial charge on any atom is 0.416 e. The molecule has 2 aliphatic rings. The molecule has 0 bridgehead atoms. The highest BCUT2D eigenvalue weighted by molar-refractivity contribution is 7.88. The largest absolute Gasteiger partial charge is 0.416 e. The van der Waals surface area contributed by atoms with Gasteiger partial charge in [-0.3, -0.25) is 5.10 Å². The van der Waals surface area contributed by atoms with E-state index in [0.717, 1.165) is 18.4 Å². The first-order valence-electron chi connectivity index (χ1n) is 7.72. The summed E-state index contributed by atoms with van der Waals surface area (Å²) in [5, 5.41) is 17.8. The lowest BCUT2D eigenvalue weighted by Crippen LogP contribution is -2.33. The first-order chi connectivity index (χ1) is 11.5. The first-order valence-corrected chi connectivity index (χ1v) is 9.62. The molecule has 0 saturated heterocycles. The number of aliphatic hydroxyl groups is 1. The van der Waals surface area contributed by atoms with Crippen LogP contribution in [-0.2, 0) is 21.8 Å². The van der Waals surface area contributed by atoms with E-state index in [4.69, 9.17) is 0 Å². The summed E-state index contributed by atoms with van der Waals surface area (Å²) in [6.45, 7) is 0. The number of alkyl halides is 3. The molecule has 10 heteroatoms. The molecule has 4 atom stereocenters. The number of aromatic nitrogens is 2. The van der Waals surface area contributed by atoms with Crippen LogP contribution in [0, 0.1) is 11.8 Å². The van der Waals surface area contributed by atoms with E-state index in [9.17, 15) is 26.7 Å². The van der Waals surface area contributed by atoms with E-state index in [-0.39, 0.29) is 41.8 Å². The van der Waals surface area contributed by atoms with Crippen molar-refractivity contribution in [1.29, 1.82) is 0 Å². The molecule has 2 aliphatic carbocycles. The van der Waals surface area contributed by atoms with Crippen LogP contribution < -0.4 is 4.72 Å². The van der Waals surface area contributed by atoms with E-state index in [2.05, 4.69) is 14.9 Å². The second kappa shape index (κ2) is 4.95. The van der Waals surface area contributed by atoms with Crippen LogP contribution in [0.15, 0.2) is 18.3 Å². The van der Waals surface area contributed by atoms with Crippen molar-refractivity contribution in [2.24, 2.45) is 11.8 Å². The summed E-state index contributed by atoms with van der Waals surface area (Å²) in [4.78, 5) is 0. The Hall–Kier alpha value is -1.65. The van der Waals surface area contributed by atoms with Crippen molar-refractivity contribution in [3.8, 4) is 0 Å². The summed E-state index contributed by atoms with van der Waals surface area (Å²) in [7, 11) is -3.35. The minimum absolute atomic E-state index is 0.0729. The molecule has 2 aromatic rings. The summed E-state index contributed by atoms with van der Waals surface area (Å²) >= 11 is 0. The van der Waals surface area contributed by atoms with Crippen LogP contribution in [-0.4, -0.2) is 36.0 Å². The molecule has 0 unspecified atom stereocenters. The van der Waals surface area contributed by atoms with Gasteiger partial charge in [0.2, 0.25) is 10.0 Å². The van der Waals surface area contributed by atoms with Gasteiger partial charge < -0.3 is 5.11 Å². The van der Waals surface area contributed by atoms with Crippen molar-refractivity contribution in [2.75, 3.05) is 6.26 Å². The highest BCUT2D eigenvalue weighted by atomic mass is 32.2. The molecule has 0 amide bonds. The molecule has 1 aromatic carbocycles. The Morgan fingerprint density at radius 3 is 2.52 bits per heavy atom. The predicted molar refractivity (Wildman–Crippen MR) is 83.0 cm³/mol. The van der Waals surface area contributed by atoms with Gasteiger partial charge in [0, 0.05) is 11.4 Å². The number of fused-ring (bicyclic) bond motifs is 2. The molecule has 1 heterocycles. The summed E-state index contributed by atoms with van der Waals surface area (Å²) in [6, 6.07) is 1.70. The molecule has 6 nitrogen and oxygen atoms in total. The molecule has 2 saturated carbocycles. The maximum absolute atomic E-state index is 13.2. The third-order valence-electron chi connectivity index (χ3n) is 5.22. The van der Waals surface area contributed by atoms with Crippen LogP contribution >= 0.6 is 0 Å². The van der Waals surface area contributed by atoms with Gasteiger partial charge in [0.25, 0.3) is 0 Å². The number of rotatable bonds is 3. The SMILES string of the molecule is CS(=O)(=O)N[C@H]1[C@@H]2C[C@@](O)(c3cc(C(F)(F)F)cc4[nH]ncc34)C[C@@H]21. The van der Waals surface area contributed by atoms with Gasteiger partial charge in [0.05, 0.1) is 29.1 Å². The zero-order valence-electron chi connectivity index (χ0n) is 13.1. The average Bonchev–Trinajstić information content (AvgIpc) is 2.89. The molecule has 25 heavy (non-hydrogen) atoms. The number of benzene rings is 1. The Balaban J connectivity index is 1.68. The Kier molecular flexibility index (Phi) is 3.33. The predicted octanol–water partition coefficient (Wildman–Crippen LogP) is 1.73. The standard InChI is InChI=1S/C15H16F3N3O3S/c1-25(23,24)21-13-8-4-14(22,5-9(8)13)11-2-7(15(16,17)18)3-12-10(11)6-19-20-12/h2-3,6,8-9,13,21-22H,4-5H2,1H3,(H,19,20)/t8-,9+,13+,14+. The molecule has 1 aromatic heterocycles. The number of H-pyrrole nitrogens is 1. The van der Waals surface area contributed by atoms with Crippen LogP contribution in [0.1, 0.15) is 24.0 Å². The second-order valence-electron chi connectivity index (χ2n) is 7.04. The summed E-state index contributed by atoms with van der Waals surface area (Å²) in [5.41, 5.74) is -1.87. The van der Waals surface area contributed by atoms with Gasteiger partial charge in [-0.05, 0) is 42.4 Å². The molecule has 0 spiro atoms. The average molecular weight is 375 g/mol. The zero-order chi connectivity index (χ0) is 18.2. The fourth-order valence-corrected chi connectivity index (χ4v) is 4.95. The molecule has 0 aliphatic heterocycles. The van der Waals surface area contributed by atoms with Crippen molar-refractivity contribution < 1.29 is 26.7 Å². The van der Waals surface area contributed by atoms with Crippen LogP contribution in [0.3, 0.4) is 0 Å². The van der Waals surface area contributed by atoms with E-state index in [1.165, 1.54) is 6.20 Å². The summed E-state index contributed by atoms with van der Waals surface area (Å²) in [5.74, 6) is -0.146. The second-order valence-corrected chi connectivity index (χ2v) is 8.82. The number of nitrogens with one attached hydrogen (secondary N) is 2. The normalized spacial score (nSPS) is 32.1. The Bertz CT molecular complexity index is 942. The third-order valence-corrected chi connectivity index (χ3v) is 5.92. The van der Waals surface area contributed by atoms with E-state index >= 15 is 0 Å². The smallest absolute Gasteiger partial charge is 0.385 e. The fourth-order valence-electron chi connectivity index (χ4n) is 4.11. The minimum atomic E-state index is -4.54. The molecule has 0 radical (unpaired) electrons. The lowest BCUT2D eigenvalue weighted by Gasteiger charge is -2.28. The highest BCUT2D eigenvalue weighted by Gasteiger charge is 2.62. The zero-order valence-corrected chi connectivity index (χ0v) is 13.9. The van der Waals surface area contributed by atoms with Crippen molar-refractivity contribution in [1.82, 2.24) is 14.9 Å². The van der Waals surface area contributed by atoms with Gasteiger partial charge in [-0.15, -0.1) is 0 Å². The van der Waals surface area contributed by atoms with Crippen LogP contribution in [0.5, 0.6) is 0 Å². The van der Waals surface area contributed by atoms with Crippen molar-refractivity contribution in [3.63, 3.8) is 0 Å². The fraction of sp³-hybridized carbons (Fsp3) is 0.533. The van der Waals surface area contributed by atoms with Crippen LogP contribution in [0.4, 0.5) is 13.2 Å². The van der Waals surface area contributed by atoms with Gasteiger partial charge >= 0.3 is 6.18 Å². The summed E-state index contributed by atoms with van der Waals surface area (Å²) in [6.07, 6.45) is -1.64. The van der Waals surface area contributed by atoms with Gasteiger partial charge in [0.15, 0.2) is 0 Å². The molecule has 3 N–H and O–H groups in total. The van der Waals surface area contributed by atoms with E-state index in [0.29, 0.717) is 5.39 Å². The van der Waals surface area contributed by atoms with Gasteiger partial charge in [-0.25, -0.2) is 13.1 Å². The Morgan fingerprint density at radius 2 is 1.96 bits per heavy atom. The topological polar surface area (TPSA) is 95.1 Å². The lowest BCUT2D eigenvalue weighted by molar-refractivity contribution is -0.137. The number of hydrogen-bond acceptors (Lipinski definition) is 4. The molecular weight excluding hydrogens is 359 g/mol. The van der Waals surface area contributed by atoms with Crippen molar-refractivity contribution in [3.05, 3.63) is 29.5 Å². The monoisotopic (exact) mass is 375 g/mol. The van der Waals surface area contributed by atoms with Crippen LogP contribution in [0.25, 0.3) is 10.9 Å². The van der Waals surface area contributed by atoms with Crippen molar-refractivity contribution >= 4 is 20.9 Å². The van der Waals surface area contributed by atoms with Gasteiger partial charge in [-0.1, -0.05) is 0 Å². The third kappa shape index (κ3) is 2.81. The first kappa shape index (κ1) is 16.8. The lowest BCUT2D eigenvalue weighted by atomic mass is 9.85.